The van der Waals surface area contributed by atoms with Gasteiger partial charge in [-0.05, 0) is 70.8 Å². The van der Waals surface area contributed by atoms with E-state index in [1.54, 1.807) is 0 Å². The summed E-state index contributed by atoms with van der Waals surface area (Å²) in [6.45, 7) is 0. The van der Waals surface area contributed by atoms with Crippen molar-refractivity contribution in [2.45, 2.75) is 9.79 Å². The number of nitrogens with zero attached hydrogens (tertiary/aromatic N) is 5. The highest BCUT2D eigenvalue weighted by Crippen LogP contribution is 2.50. The lowest BCUT2D eigenvalue weighted by molar-refractivity contribution is 1.03. The van der Waals surface area contributed by atoms with Crippen LogP contribution in [0.1, 0.15) is 0 Å². The molecule has 5 nitrogen and oxygen atoms in total. The average Bonchev–Trinajstić information content (AvgIpc) is 3.84. The molecule has 4 heterocycles. The zero-order chi connectivity index (χ0) is 38.9. The van der Waals surface area contributed by atoms with E-state index < -0.39 is 0 Å². The van der Waals surface area contributed by atoms with Crippen LogP contribution in [0, 0.1) is 0 Å². The maximum atomic E-state index is 5.38. The van der Waals surface area contributed by atoms with E-state index in [2.05, 4.69) is 197 Å². The molecule has 0 unspecified atom stereocenters. The van der Waals surface area contributed by atoms with E-state index in [0.717, 1.165) is 61.2 Å². The van der Waals surface area contributed by atoms with Gasteiger partial charge in [0.2, 0.25) is 0 Å². The van der Waals surface area contributed by atoms with E-state index in [4.69, 9.17) is 15.0 Å². The molecule has 0 fully saturated rings. The van der Waals surface area contributed by atoms with Crippen molar-refractivity contribution in [1.82, 2.24) is 24.1 Å². The fraction of sp³-hybridized carbons (Fsp3) is 0. The zero-order valence-electron chi connectivity index (χ0n) is 31.7. The van der Waals surface area contributed by atoms with Gasteiger partial charge < -0.3 is 0 Å². The Bertz CT molecular complexity index is 3310. The van der Waals surface area contributed by atoms with Crippen molar-refractivity contribution in [3.63, 3.8) is 0 Å². The summed E-state index contributed by atoms with van der Waals surface area (Å²) in [5.74, 6) is 1.87. The van der Waals surface area contributed by atoms with Gasteiger partial charge in [-0.1, -0.05) is 163 Å². The van der Waals surface area contributed by atoms with Gasteiger partial charge in [-0.15, -0.1) is 0 Å². The molecule has 0 bridgehead atoms. The molecule has 0 radical (unpaired) electrons. The van der Waals surface area contributed by atoms with Crippen molar-refractivity contribution >= 4 is 44.6 Å². The number of rotatable bonds is 6. The molecular weight excluding hydrogens is 739 g/mol. The molecule has 0 spiro atoms. The Kier molecular flexibility index (Phi) is 7.71. The van der Waals surface area contributed by atoms with Crippen molar-refractivity contribution in [2.24, 2.45) is 0 Å². The van der Waals surface area contributed by atoms with Gasteiger partial charge in [-0.25, -0.2) is 15.0 Å². The van der Waals surface area contributed by atoms with Gasteiger partial charge >= 0.3 is 0 Å². The van der Waals surface area contributed by atoms with Crippen LogP contribution in [-0.2, 0) is 0 Å². The Morgan fingerprint density at radius 3 is 1.58 bits per heavy atom. The van der Waals surface area contributed by atoms with Gasteiger partial charge in [0.15, 0.2) is 17.5 Å². The lowest BCUT2D eigenvalue weighted by atomic mass is 10.0. The van der Waals surface area contributed by atoms with Crippen molar-refractivity contribution in [3.8, 4) is 67.8 Å². The normalized spacial score (nSPS) is 12.0. The fourth-order valence-corrected chi connectivity index (χ4v) is 9.83. The molecule has 0 saturated carbocycles. The van der Waals surface area contributed by atoms with Crippen LogP contribution in [0.4, 0.5) is 0 Å². The molecule has 0 atom stereocenters. The minimum atomic E-state index is 0.622. The maximum absolute atomic E-state index is 5.38. The van der Waals surface area contributed by atoms with Crippen molar-refractivity contribution < 1.29 is 0 Å². The SMILES string of the molecule is c1ccc(-c2cccc(-c3nc(-c4cccc(-c5ccccc5)c4)nc(-c4cccc5c4c4c6cccc7c6n(c4n5-c4ccccc4)-c4ccccc4S7)n3)c2)cc1. The minimum Gasteiger partial charge on any atom is -0.295 e. The highest BCUT2D eigenvalue weighted by Gasteiger charge is 2.29. The molecule has 1 aliphatic rings. The third kappa shape index (κ3) is 5.45. The topological polar surface area (TPSA) is 48.5 Å². The van der Waals surface area contributed by atoms with Crippen LogP contribution >= 0.6 is 11.8 Å². The lowest BCUT2D eigenvalue weighted by Crippen LogP contribution is -2.05. The molecule has 8 aromatic carbocycles. The summed E-state index contributed by atoms with van der Waals surface area (Å²) >= 11 is 1.84. The number of para-hydroxylation sites is 3. The van der Waals surface area contributed by atoms with Crippen LogP contribution < -0.4 is 0 Å². The van der Waals surface area contributed by atoms with Crippen LogP contribution in [0.15, 0.2) is 210 Å². The average molecular weight is 772 g/mol. The van der Waals surface area contributed by atoms with E-state index in [0.29, 0.717) is 17.5 Å². The highest BCUT2D eigenvalue weighted by molar-refractivity contribution is 7.99. The zero-order valence-corrected chi connectivity index (χ0v) is 32.5. The predicted octanol–water partition coefficient (Wildman–Crippen LogP) is 13.7. The summed E-state index contributed by atoms with van der Waals surface area (Å²) in [5, 5.41) is 3.48. The highest BCUT2D eigenvalue weighted by atomic mass is 32.2. The standard InChI is InChI=1S/C53H33N5S/c1-4-16-34(17-5-1)36-20-12-22-38(32-36)50-54-51(39-23-13-21-37(33-39)35-18-6-2-7-19-35)56-52(55-50)42-27-14-29-44-47(42)48-41-26-15-31-46-49(41)58(43-28-10-11-30-45(43)59-46)53(48)57(44)40-24-8-3-9-25-40/h1-33H. The molecule has 12 rings (SSSR count). The summed E-state index contributed by atoms with van der Waals surface area (Å²) < 4.78 is 4.89. The first-order chi connectivity index (χ1) is 29.3. The maximum Gasteiger partial charge on any atom is 0.164 e. The number of fused-ring (bicyclic) bond motifs is 7. The second kappa shape index (κ2) is 13.5. The lowest BCUT2D eigenvalue weighted by Gasteiger charge is -2.21. The molecule has 276 valence electrons. The molecule has 1 aliphatic heterocycles. The number of hydrogen-bond donors (Lipinski definition) is 0. The van der Waals surface area contributed by atoms with Crippen LogP contribution in [-0.4, -0.2) is 24.1 Å². The molecule has 59 heavy (non-hydrogen) atoms. The van der Waals surface area contributed by atoms with Crippen molar-refractivity contribution in [1.29, 1.82) is 0 Å². The third-order valence-corrected chi connectivity index (χ3v) is 12.5. The summed E-state index contributed by atoms with van der Waals surface area (Å²) in [6, 6.07) is 70.6. The minimum absolute atomic E-state index is 0.622. The molecular formula is C53H33N5S. The summed E-state index contributed by atoms with van der Waals surface area (Å²) in [5.41, 5.74) is 13.0. The van der Waals surface area contributed by atoms with E-state index >= 15 is 0 Å². The number of aromatic nitrogens is 5. The van der Waals surface area contributed by atoms with E-state index in [1.807, 2.05) is 23.9 Å². The Morgan fingerprint density at radius 1 is 0.373 bits per heavy atom. The van der Waals surface area contributed by atoms with E-state index in [9.17, 15) is 0 Å². The first-order valence-corrected chi connectivity index (χ1v) is 20.6. The fourth-order valence-electron chi connectivity index (χ4n) is 8.73. The second-order valence-electron chi connectivity index (χ2n) is 14.8. The third-order valence-electron chi connectivity index (χ3n) is 11.3. The van der Waals surface area contributed by atoms with Gasteiger partial charge in [0, 0.05) is 48.3 Å². The smallest absolute Gasteiger partial charge is 0.164 e. The van der Waals surface area contributed by atoms with Gasteiger partial charge in [0.05, 0.1) is 16.7 Å². The molecule has 3 aromatic heterocycles. The second-order valence-corrected chi connectivity index (χ2v) is 15.9. The van der Waals surface area contributed by atoms with Gasteiger partial charge in [-0.2, -0.15) is 0 Å². The van der Waals surface area contributed by atoms with Crippen LogP contribution in [0.3, 0.4) is 0 Å². The Labute approximate surface area is 344 Å². The van der Waals surface area contributed by atoms with E-state index in [-0.39, 0.29) is 0 Å². The van der Waals surface area contributed by atoms with E-state index in [1.165, 1.54) is 31.8 Å². The number of benzene rings is 8. The van der Waals surface area contributed by atoms with Crippen LogP contribution in [0.25, 0.3) is 101 Å². The molecule has 0 N–H and O–H groups in total. The van der Waals surface area contributed by atoms with Crippen LogP contribution in [0.5, 0.6) is 0 Å². The Hall–Kier alpha value is -7.54. The monoisotopic (exact) mass is 771 g/mol. The molecule has 0 saturated heterocycles. The quantitative estimate of drug-likeness (QED) is 0.169. The Balaban J connectivity index is 1.17. The number of hydrogen-bond acceptors (Lipinski definition) is 4. The first-order valence-electron chi connectivity index (χ1n) is 19.8. The molecule has 0 aliphatic carbocycles. The summed E-state index contributed by atoms with van der Waals surface area (Å²) in [4.78, 5) is 18.5. The van der Waals surface area contributed by atoms with Gasteiger partial charge in [0.1, 0.15) is 5.65 Å². The van der Waals surface area contributed by atoms with Gasteiger partial charge in [-0.3, -0.25) is 9.13 Å². The van der Waals surface area contributed by atoms with Crippen molar-refractivity contribution in [3.05, 3.63) is 200 Å². The summed E-state index contributed by atoms with van der Waals surface area (Å²) in [7, 11) is 0. The van der Waals surface area contributed by atoms with Crippen LogP contribution in [0.2, 0.25) is 0 Å². The summed E-state index contributed by atoms with van der Waals surface area (Å²) in [6.07, 6.45) is 0. The molecule has 11 aromatic rings. The Morgan fingerprint density at radius 2 is 0.898 bits per heavy atom. The van der Waals surface area contributed by atoms with Gasteiger partial charge in [0.25, 0.3) is 0 Å². The predicted molar refractivity (Wildman–Crippen MR) is 242 cm³/mol. The largest absolute Gasteiger partial charge is 0.295 e. The van der Waals surface area contributed by atoms with Crippen molar-refractivity contribution in [2.75, 3.05) is 0 Å². The molecule has 0 amide bonds. The molecule has 6 heteroatoms. The first kappa shape index (κ1) is 33.6.